The van der Waals surface area contributed by atoms with Gasteiger partial charge in [0.15, 0.2) is 0 Å². The lowest BCUT2D eigenvalue weighted by molar-refractivity contribution is 0.0772. The van der Waals surface area contributed by atoms with Crippen LogP contribution in [0.25, 0.3) is 0 Å². The van der Waals surface area contributed by atoms with Crippen molar-refractivity contribution in [2.75, 3.05) is 13.1 Å². The minimum absolute atomic E-state index is 0.672. The highest BCUT2D eigenvalue weighted by Crippen LogP contribution is 2.34. The van der Waals surface area contributed by atoms with Crippen LogP contribution in [0, 0.1) is 11.8 Å². The lowest BCUT2D eigenvalue weighted by Gasteiger charge is -2.42. The summed E-state index contributed by atoms with van der Waals surface area (Å²) in [6.07, 6.45) is 6.74. The molecule has 0 bridgehead atoms. The van der Waals surface area contributed by atoms with Gasteiger partial charge in [0.1, 0.15) is 0 Å². The first kappa shape index (κ1) is 16.5. The number of nitrogens with zero attached hydrogens (tertiary/aromatic N) is 1. The standard InChI is InChI=1S/C19H32N2/c1-3-8-16-11-12-18(14-20)19(13-16)21(4-2)15-17-9-6-5-7-10-17/h5-7,9-10,16,18-19H,3-4,8,11-15,20H2,1-2H3. The average Bonchev–Trinajstić information content (AvgIpc) is 2.54. The maximum Gasteiger partial charge on any atom is 0.0236 e. The first-order chi connectivity index (χ1) is 10.3. The fraction of sp³-hybridized carbons (Fsp3) is 0.684. The Kier molecular flexibility index (Phi) is 6.72. The predicted octanol–water partition coefficient (Wildman–Crippen LogP) is 4.05. The maximum absolute atomic E-state index is 6.07. The van der Waals surface area contributed by atoms with E-state index in [1.54, 1.807) is 0 Å². The first-order valence-corrected chi connectivity index (χ1v) is 8.76. The molecule has 3 atom stereocenters. The molecule has 2 heteroatoms. The molecule has 1 saturated carbocycles. The third kappa shape index (κ3) is 4.55. The largest absolute Gasteiger partial charge is 0.330 e. The topological polar surface area (TPSA) is 29.3 Å². The highest BCUT2D eigenvalue weighted by atomic mass is 15.2. The summed E-state index contributed by atoms with van der Waals surface area (Å²) in [5.74, 6) is 1.59. The zero-order chi connectivity index (χ0) is 15.1. The van der Waals surface area contributed by atoms with Gasteiger partial charge in [0.25, 0.3) is 0 Å². The summed E-state index contributed by atoms with van der Waals surface area (Å²) >= 11 is 0. The van der Waals surface area contributed by atoms with Crippen LogP contribution in [0.1, 0.15) is 51.5 Å². The first-order valence-electron chi connectivity index (χ1n) is 8.76. The molecule has 1 aromatic carbocycles. The average molecular weight is 288 g/mol. The minimum atomic E-state index is 0.672. The summed E-state index contributed by atoms with van der Waals surface area (Å²) in [7, 11) is 0. The van der Waals surface area contributed by atoms with Gasteiger partial charge >= 0.3 is 0 Å². The molecule has 0 radical (unpaired) electrons. The van der Waals surface area contributed by atoms with E-state index in [9.17, 15) is 0 Å². The van der Waals surface area contributed by atoms with Gasteiger partial charge in [0.05, 0.1) is 0 Å². The number of hydrogen-bond donors (Lipinski definition) is 1. The van der Waals surface area contributed by atoms with E-state index in [4.69, 9.17) is 5.73 Å². The van der Waals surface area contributed by atoms with Crippen molar-refractivity contribution in [1.29, 1.82) is 0 Å². The third-order valence-electron chi connectivity index (χ3n) is 5.17. The Hall–Kier alpha value is -0.860. The van der Waals surface area contributed by atoms with Crippen molar-refractivity contribution in [3.8, 4) is 0 Å². The van der Waals surface area contributed by atoms with E-state index in [1.165, 1.54) is 37.7 Å². The lowest BCUT2D eigenvalue weighted by atomic mass is 9.76. The molecule has 0 saturated heterocycles. The Bertz CT molecular complexity index is 390. The molecular formula is C19H32N2. The highest BCUT2D eigenvalue weighted by molar-refractivity contribution is 5.14. The van der Waals surface area contributed by atoms with E-state index in [2.05, 4.69) is 49.1 Å². The van der Waals surface area contributed by atoms with Gasteiger partial charge in [-0.15, -0.1) is 0 Å². The fourth-order valence-electron chi connectivity index (χ4n) is 3.97. The van der Waals surface area contributed by atoms with E-state index in [0.29, 0.717) is 12.0 Å². The second kappa shape index (κ2) is 8.55. The van der Waals surface area contributed by atoms with Crippen LogP contribution >= 0.6 is 0 Å². The number of hydrogen-bond acceptors (Lipinski definition) is 2. The summed E-state index contributed by atoms with van der Waals surface area (Å²) in [6.45, 7) is 7.63. The Labute approximate surface area is 130 Å². The van der Waals surface area contributed by atoms with Crippen molar-refractivity contribution in [2.45, 2.75) is 58.5 Å². The molecule has 2 N–H and O–H groups in total. The Morgan fingerprint density at radius 3 is 2.52 bits per heavy atom. The van der Waals surface area contributed by atoms with Crippen molar-refractivity contribution in [1.82, 2.24) is 4.90 Å². The van der Waals surface area contributed by atoms with Crippen molar-refractivity contribution < 1.29 is 0 Å². The summed E-state index contributed by atoms with van der Waals surface area (Å²) in [4.78, 5) is 2.66. The van der Waals surface area contributed by atoms with Crippen LogP contribution in [0.5, 0.6) is 0 Å². The number of benzene rings is 1. The lowest BCUT2D eigenvalue weighted by Crippen LogP contribution is -2.46. The zero-order valence-corrected chi connectivity index (χ0v) is 13.8. The zero-order valence-electron chi connectivity index (χ0n) is 13.8. The van der Waals surface area contributed by atoms with Crippen LogP contribution in [-0.2, 0) is 6.54 Å². The quantitative estimate of drug-likeness (QED) is 0.820. The fourth-order valence-corrected chi connectivity index (χ4v) is 3.97. The Balaban J connectivity index is 2.05. The molecule has 1 aliphatic rings. The van der Waals surface area contributed by atoms with Gasteiger partial charge in [-0.3, -0.25) is 4.90 Å². The SMILES string of the molecule is CCCC1CCC(CN)C(N(CC)Cc2ccccc2)C1. The molecule has 2 rings (SSSR count). The molecule has 3 unspecified atom stereocenters. The summed E-state index contributed by atoms with van der Waals surface area (Å²) in [6, 6.07) is 11.5. The van der Waals surface area contributed by atoms with Crippen LogP contribution in [0.15, 0.2) is 30.3 Å². The van der Waals surface area contributed by atoms with Crippen molar-refractivity contribution in [3.63, 3.8) is 0 Å². The van der Waals surface area contributed by atoms with Gasteiger partial charge in [0, 0.05) is 12.6 Å². The molecule has 1 aromatic rings. The normalized spacial score (nSPS) is 26.2. The molecule has 1 aliphatic carbocycles. The second-order valence-corrected chi connectivity index (χ2v) is 6.58. The number of nitrogens with two attached hydrogens (primary N) is 1. The molecule has 0 amide bonds. The molecule has 2 nitrogen and oxygen atoms in total. The summed E-state index contributed by atoms with van der Waals surface area (Å²) in [5, 5.41) is 0. The molecule has 0 heterocycles. The molecule has 0 aromatic heterocycles. The molecule has 1 fully saturated rings. The van der Waals surface area contributed by atoms with Crippen LogP contribution in [-0.4, -0.2) is 24.0 Å². The number of rotatable bonds is 7. The molecule has 21 heavy (non-hydrogen) atoms. The molecule has 118 valence electrons. The molecule has 0 aliphatic heterocycles. The van der Waals surface area contributed by atoms with E-state index >= 15 is 0 Å². The van der Waals surface area contributed by atoms with Crippen molar-refractivity contribution >= 4 is 0 Å². The monoisotopic (exact) mass is 288 g/mol. The highest BCUT2D eigenvalue weighted by Gasteiger charge is 2.32. The van der Waals surface area contributed by atoms with Gasteiger partial charge in [-0.25, -0.2) is 0 Å². The molecular weight excluding hydrogens is 256 g/mol. The van der Waals surface area contributed by atoms with Crippen LogP contribution in [0.2, 0.25) is 0 Å². The van der Waals surface area contributed by atoms with Crippen LogP contribution in [0.4, 0.5) is 0 Å². The Morgan fingerprint density at radius 2 is 1.90 bits per heavy atom. The third-order valence-corrected chi connectivity index (χ3v) is 5.17. The van der Waals surface area contributed by atoms with Gasteiger partial charge in [-0.2, -0.15) is 0 Å². The summed E-state index contributed by atoms with van der Waals surface area (Å²) < 4.78 is 0. The van der Waals surface area contributed by atoms with Crippen LogP contribution < -0.4 is 5.73 Å². The predicted molar refractivity (Wildman–Crippen MR) is 91.1 cm³/mol. The van der Waals surface area contributed by atoms with Crippen LogP contribution in [0.3, 0.4) is 0 Å². The van der Waals surface area contributed by atoms with Gasteiger partial charge in [0.2, 0.25) is 0 Å². The smallest absolute Gasteiger partial charge is 0.0236 e. The Morgan fingerprint density at radius 1 is 1.14 bits per heavy atom. The van der Waals surface area contributed by atoms with Gasteiger partial charge in [-0.1, -0.05) is 63.4 Å². The van der Waals surface area contributed by atoms with Crippen molar-refractivity contribution in [2.24, 2.45) is 17.6 Å². The van der Waals surface area contributed by atoms with Gasteiger partial charge in [-0.05, 0) is 43.3 Å². The van der Waals surface area contributed by atoms with E-state index in [0.717, 1.165) is 25.6 Å². The summed E-state index contributed by atoms with van der Waals surface area (Å²) in [5.41, 5.74) is 7.50. The van der Waals surface area contributed by atoms with Crippen molar-refractivity contribution in [3.05, 3.63) is 35.9 Å². The van der Waals surface area contributed by atoms with E-state index in [1.807, 2.05) is 0 Å². The molecule has 0 spiro atoms. The van der Waals surface area contributed by atoms with E-state index < -0.39 is 0 Å². The van der Waals surface area contributed by atoms with E-state index in [-0.39, 0.29) is 0 Å². The minimum Gasteiger partial charge on any atom is -0.330 e. The van der Waals surface area contributed by atoms with Gasteiger partial charge < -0.3 is 5.73 Å². The second-order valence-electron chi connectivity index (χ2n) is 6.58. The maximum atomic E-state index is 6.07.